The zero-order chi connectivity index (χ0) is 11.9. The van der Waals surface area contributed by atoms with Crippen molar-refractivity contribution in [1.29, 1.82) is 0 Å². The van der Waals surface area contributed by atoms with Crippen LogP contribution >= 0.6 is 0 Å². The van der Waals surface area contributed by atoms with E-state index in [9.17, 15) is 0 Å². The first-order valence-electron chi connectivity index (χ1n) is 6.15. The summed E-state index contributed by atoms with van der Waals surface area (Å²) < 4.78 is 5.91. The van der Waals surface area contributed by atoms with Gasteiger partial charge in [0.05, 0.1) is 6.26 Å². The maximum atomic E-state index is 5.91. The van der Waals surface area contributed by atoms with Gasteiger partial charge in [0.15, 0.2) is 0 Å². The highest BCUT2D eigenvalue weighted by molar-refractivity contribution is 5.84. The molecule has 1 aliphatic heterocycles. The number of hydrogen-bond acceptors (Lipinski definition) is 1. The Balaban J connectivity index is 1.94. The van der Waals surface area contributed by atoms with Gasteiger partial charge in [-0.25, -0.2) is 0 Å². The van der Waals surface area contributed by atoms with Crippen LogP contribution in [-0.4, -0.2) is 6.10 Å². The molecule has 4 rings (SSSR count). The topological polar surface area (TPSA) is 9.23 Å². The second-order valence-corrected chi connectivity index (χ2v) is 4.63. The van der Waals surface area contributed by atoms with Gasteiger partial charge in [-0.2, -0.15) is 0 Å². The van der Waals surface area contributed by atoms with E-state index in [-0.39, 0.29) is 6.10 Å². The molecule has 0 bridgehead atoms. The van der Waals surface area contributed by atoms with Crippen molar-refractivity contribution in [3.05, 3.63) is 83.2 Å². The monoisotopic (exact) mass is 232 g/mol. The van der Waals surface area contributed by atoms with E-state index in [1.807, 2.05) is 12.3 Å². The standard InChI is InChI=1S/C17H12O/c1-2-6-14-13(4-1)10-11-18-17-15-7-3-5-12(15)8-9-16(14)17/h1-11,17H. The molecule has 1 heteroatoms. The molecule has 1 unspecified atom stereocenters. The van der Waals surface area contributed by atoms with Crippen LogP contribution in [-0.2, 0) is 4.74 Å². The minimum Gasteiger partial charge on any atom is -0.489 e. The van der Waals surface area contributed by atoms with E-state index in [1.165, 1.54) is 27.8 Å². The third-order valence-corrected chi connectivity index (χ3v) is 3.63. The number of hydrogen-bond donors (Lipinski definition) is 0. The van der Waals surface area contributed by atoms with E-state index < -0.39 is 0 Å². The van der Waals surface area contributed by atoms with E-state index in [1.54, 1.807) is 0 Å². The van der Waals surface area contributed by atoms with E-state index in [0.717, 1.165) is 0 Å². The average Bonchev–Trinajstić information content (AvgIpc) is 2.80. The summed E-state index contributed by atoms with van der Waals surface area (Å²) in [5.41, 5.74) is 6.24. The minimum atomic E-state index is 0.0277. The highest BCUT2D eigenvalue weighted by Crippen LogP contribution is 2.39. The molecule has 0 saturated heterocycles. The van der Waals surface area contributed by atoms with Crippen molar-refractivity contribution in [3.8, 4) is 0 Å². The Morgan fingerprint density at radius 3 is 2.83 bits per heavy atom. The lowest BCUT2D eigenvalue weighted by Gasteiger charge is -2.24. The third kappa shape index (κ3) is 1.28. The molecule has 0 radical (unpaired) electrons. The highest BCUT2D eigenvalue weighted by atomic mass is 16.5. The molecule has 1 atom stereocenters. The Bertz CT molecular complexity index is 669. The van der Waals surface area contributed by atoms with Crippen molar-refractivity contribution in [2.45, 2.75) is 6.10 Å². The van der Waals surface area contributed by atoms with Crippen LogP contribution in [0.5, 0.6) is 0 Å². The molecule has 1 nitrogen and oxygen atoms in total. The van der Waals surface area contributed by atoms with Gasteiger partial charge in [0.25, 0.3) is 0 Å². The molecule has 86 valence electrons. The molecule has 0 saturated carbocycles. The van der Waals surface area contributed by atoms with Crippen molar-refractivity contribution < 1.29 is 4.74 Å². The number of ether oxygens (including phenoxy) is 1. The highest BCUT2D eigenvalue weighted by Gasteiger charge is 2.28. The zero-order valence-corrected chi connectivity index (χ0v) is 9.84. The van der Waals surface area contributed by atoms with Crippen molar-refractivity contribution in [2.24, 2.45) is 0 Å². The summed E-state index contributed by atoms with van der Waals surface area (Å²) in [6.07, 6.45) is 14.6. The van der Waals surface area contributed by atoms with Gasteiger partial charge in [0.2, 0.25) is 0 Å². The lowest BCUT2D eigenvalue weighted by molar-refractivity contribution is 0.231. The molecular formula is C17H12O. The Kier molecular flexibility index (Phi) is 1.95. The number of rotatable bonds is 0. The van der Waals surface area contributed by atoms with Crippen LogP contribution in [0.2, 0.25) is 0 Å². The lowest BCUT2D eigenvalue weighted by Crippen LogP contribution is -2.17. The molecule has 0 aromatic heterocycles. The van der Waals surface area contributed by atoms with Gasteiger partial charge in [-0.05, 0) is 22.8 Å². The Morgan fingerprint density at radius 1 is 0.889 bits per heavy atom. The summed E-state index contributed by atoms with van der Waals surface area (Å²) in [5.74, 6) is 0. The summed E-state index contributed by atoms with van der Waals surface area (Å²) in [6, 6.07) is 8.43. The van der Waals surface area contributed by atoms with Gasteiger partial charge < -0.3 is 4.74 Å². The molecule has 3 aliphatic rings. The Labute approximate surface area is 106 Å². The molecule has 0 spiro atoms. The summed E-state index contributed by atoms with van der Waals surface area (Å²) in [7, 11) is 0. The zero-order valence-electron chi connectivity index (χ0n) is 9.84. The summed E-state index contributed by atoms with van der Waals surface area (Å²) in [4.78, 5) is 0. The fourth-order valence-electron chi connectivity index (χ4n) is 2.75. The van der Waals surface area contributed by atoms with Gasteiger partial charge in [-0.3, -0.25) is 0 Å². The maximum absolute atomic E-state index is 5.91. The van der Waals surface area contributed by atoms with Crippen LogP contribution in [0.15, 0.2) is 72.1 Å². The van der Waals surface area contributed by atoms with Gasteiger partial charge >= 0.3 is 0 Å². The van der Waals surface area contributed by atoms with Crippen LogP contribution in [0.4, 0.5) is 0 Å². The van der Waals surface area contributed by atoms with Crippen LogP contribution < -0.4 is 0 Å². The normalized spacial score (nSPS) is 22.9. The molecule has 0 fully saturated rings. The van der Waals surface area contributed by atoms with Crippen molar-refractivity contribution in [1.82, 2.24) is 0 Å². The third-order valence-electron chi connectivity index (χ3n) is 3.63. The van der Waals surface area contributed by atoms with Crippen LogP contribution in [0.25, 0.3) is 11.6 Å². The molecule has 1 aromatic carbocycles. The summed E-state index contributed by atoms with van der Waals surface area (Å²) in [5, 5.41) is 0. The second-order valence-electron chi connectivity index (χ2n) is 4.63. The Morgan fingerprint density at radius 2 is 1.83 bits per heavy atom. The average molecular weight is 232 g/mol. The predicted molar refractivity (Wildman–Crippen MR) is 73.6 cm³/mol. The first kappa shape index (κ1) is 9.72. The largest absolute Gasteiger partial charge is 0.489 e. The molecule has 1 aromatic rings. The molecular weight excluding hydrogens is 220 g/mol. The van der Waals surface area contributed by atoms with Crippen LogP contribution in [0, 0.1) is 0 Å². The van der Waals surface area contributed by atoms with Crippen LogP contribution in [0.3, 0.4) is 0 Å². The molecule has 0 N–H and O–H groups in total. The first-order chi connectivity index (χ1) is 8.93. The fraction of sp³-hybridized carbons (Fsp3) is 0.0588. The minimum absolute atomic E-state index is 0.0277. The predicted octanol–water partition coefficient (Wildman–Crippen LogP) is 3.88. The summed E-state index contributed by atoms with van der Waals surface area (Å²) >= 11 is 0. The molecule has 2 aliphatic carbocycles. The number of fused-ring (bicyclic) bond motifs is 5. The molecule has 18 heavy (non-hydrogen) atoms. The Hall–Kier alpha value is -2.28. The van der Waals surface area contributed by atoms with Gasteiger partial charge in [0.1, 0.15) is 6.10 Å². The van der Waals surface area contributed by atoms with E-state index in [4.69, 9.17) is 4.74 Å². The van der Waals surface area contributed by atoms with Gasteiger partial charge in [-0.1, -0.05) is 54.6 Å². The molecule has 0 amide bonds. The number of allylic oxidation sites excluding steroid dienone is 5. The maximum Gasteiger partial charge on any atom is 0.149 e. The fourth-order valence-corrected chi connectivity index (χ4v) is 2.75. The molecule has 1 heterocycles. The van der Waals surface area contributed by atoms with Crippen LogP contribution in [0.1, 0.15) is 11.1 Å². The quantitative estimate of drug-likeness (QED) is 0.659. The van der Waals surface area contributed by atoms with Crippen molar-refractivity contribution >= 4 is 11.6 Å². The second kappa shape index (κ2) is 3.61. The van der Waals surface area contributed by atoms with E-state index >= 15 is 0 Å². The number of benzene rings is 1. The van der Waals surface area contributed by atoms with Crippen molar-refractivity contribution in [2.75, 3.05) is 0 Å². The van der Waals surface area contributed by atoms with E-state index in [0.29, 0.717) is 0 Å². The first-order valence-corrected chi connectivity index (χ1v) is 6.15. The van der Waals surface area contributed by atoms with Crippen molar-refractivity contribution in [3.63, 3.8) is 0 Å². The summed E-state index contributed by atoms with van der Waals surface area (Å²) in [6.45, 7) is 0. The SMILES string of the molecule is C1=CC2=CC=C3c4ccccc4C=COC3C2=C1. The van der Waals surface area contributed by atoms with Gasteiger partial charge in [0, 0.05) is 11.1 Å². The van der Waals surface area contributed by atoms with E-state index in [2.05, 4.69) is 54.6 Å². The van der Waals surface area contributed by atoms with Gasteiger partial charge in [-0.15, -0.1) is 0 Å². The lowest BCUT2D eigenvalue weighted by atomic mass is 9.86. The smallest absolute Gasteiger partial charge is 0.149 e.